The van der Waals surface area contributed by atoms with Crippen LogP contribution in [0.25, 0.3) is 10.9 Å². The highest BCUT2D eigenvalue weighted by molar-refractivity contribution is 7.91. The normalized spacial score (nSPS) is 11.5. The first-order valence-electron chi connectivity index (χ1n) is 9.62. The third-order valence-electron chi connectivity index (χ3n) is 4.97. The second-order valence-electron chi connectivity index (χ2n) is 7.23. The molecule has 4 aromatic rings. The van der Waals surface area contributed by atoms with E-state index in [1.807, 2.05) is 71.3 Å². The van der Waals surface area contributed by atoms with Gasteiger partial charge in [0.1, 0.15) is 0 Å². The number of rotatable bonds is 6. The van der Waals surface area contributed by atoms with Crippen LogP contribution in [0.1, 0.15) is 11.3 Å². The highest BCUT2D eigenvalue weighted by Crippen LogP contribution is 2.31. The maximum atomic E-state index is 12.8. The van der Waals surface area contributed by atoms with Gasteiger partial charge in [-0.2, -0.15) is 0 Å². The molecule has 0 spiro atoms. The Bertz CT molecular complexity index is 1290. The number of sulfone groups is 1. The molecular formula is C24H22N2O3S. The van der Waals surface area contributed by atoms with Crippen LogP contribution in [0, 0.1) is 0 Å². The number of hydrogen-bond acceptors (Lipinski definition) is 3. The van der Waals surface area contributed by atoms with E-state index in [4.69, 9.17) is 0 Å². The number of amides is 1. The van der Waals surface area contributed by atoms with E-state index in [0.29, 0.717) is 23.3 Å². The Kier molecular flexibility index (Phi) is 5.42. The fraction of sp³-hybridized carbons (Fsp3) is 0.125. The minimum Gasteiger partial charge on any atom is -0.338 e. The summed E-state index contributed by atoms with van der Waals surface area (Å²) in [5, 5.41) is 3.49. The fourth-order valence-electron chi connectivity index (χ4n) is 3.74. The van der Waals surface area contributed by atoms with Crippen LogP contribution in [-0.4, -0.2) is 25.1 Å². The van der Waals surface area contributed by atoms with E-state index in [9.17, 15) is 13.2 Å². The summed E-state index contributed by atoms with van der Waals surface area (Å²) in [4.78, 5) is 13.0. The summed E-state index contributed by atoms with van der Waals surface area (Å²) < 4.78 is 27.4. The smallest absolute Gasteiger partial charge is 0.230 e. The van der Waals surface area contributed by atoms with Crippen molar-refractivity contribution in [2.75, 3.05) is 11.6 Å². The monoisotopic (exact) mass is 418 g/mol. The molecule has 30 heavy (non-hydrogen) atoms. The summed E-state index contributed by atoms with van der Waals surface area (Å²) in [7, 11) is -3.55. The van der Waals surface area contributed by atoms with Crippen molar-refractivity contribution < 1.29 is 13.2 Å². The highest BCUT2D eigenvalue weighted by Gasteiger charge is 2.25. The second-order valence-corrected chi connectivity index (χ2v) is 9.18. The third kappa shape index (κ3) is 4.14. The summed E-state index contributed by atoms with van der Waals surface area (Å²) in [6.07, 6.45) is 1.15. The number of hydrogen-bond donors (Lipinski definition) is 1. The molecule has 1 N–H and O–H groups in total. The zero-order valence-electron chi connectivity index (χ0n) is 16.6. The van der Waals surface area contributed by atoms with Gasteiger partial charge in [-0.05, 0) is 23.8 Å². The molecule has 1 amide bonds. The van der Waals surface area contributed by atoms with Crippen molar-refractivity contribution in [2.45, 2.75) is 17.9 Å². The van der Waals surface area contributed by atoms with E-state index in [2.05, 4.69) is 5.32 Å². The maximum absolute atomic E-state index is 12.8. The van der Waals surface area contributed by atoms with Gasteiger partial charge in [0.25, 0.3) is 0 Å². The van der Waals surface area contributed by atoms with Crippen LogP contribution in [0.15, 0.2) is 89.8 Å². The largest absolute Gasteiger partial charge is 0.338 e. The number of carbonyl (C=O) groups excluding carboxylic acids is 1. The molecule has 0 fully saturated rings. The molecular weight excluding hydrogens is 396 g/mol. The van der Waals surface area contributed by atoms with Gasteiger partial charge in [0.05, 0.1) is 11.3 Å². The van der Waals surface area contributed by atoms with E-state index in [1.165, 1.54) is 6.26 Å². The average Bonchev–Trinajstić information content (AvgIpc) is 3.03. The van der Waals surface area contributed by atoms with Gasteiger partial charge >= 0.3 is 0 Å². The molecule has 0 radical (unpaired) electrons. The minimum atomic E-state index is -3.55. The number of carbonyl (C=O) groups is 1. The molecule has 1 heterocycles. The van der Waals surface area contributed by atoms with E-state index in [0.717, 1.165) is 11.1 Å². The number of benzene rings is 3. The zero-order valence-corrected chi connectivity index (χ0v) is 17.4. The molecule has 0 saturated heterocycles. The van der Waals surface area contributed by atoms with Crippen molar-refractivity contribution >= 4 is 32.3 Å². The lowest BCUT2D eigenvalue weighted by atomic mass is 10.2. The minimum absolute atomic E-state index is 0.0428. The Morgan fingerprint density at radius 2 is 1.47 bits per heavy atom. The molecule has 0 bridgehead atoms. The Labute approximate surface area is 175 Å². The molecule has 1 aromatic heterocycles. The number of fused-ring (bicyclic) bond motifs is 1. The predicted octanol–water partition coefficient (Wildman–Crippen LogP) is 4.27. The van der Waals surface area contributed by atoms with Crippen molar-refractivity contribution in [1.29, 1.82) is 0 Å². The third-order valence-corrected chi connectivity index (χ3v) is 6.16. The van der Waals surface area contributed by atoms with Crippen molar-refractivity contribution in [1.82, 2.24) is 4.57 Å². The lowest BCUT2D eigenvalue weighted by Crippen LogP contribution is -2.19. The van der Waals surface area contributed by atoms with Crippen LogP contribution in [0.5, 0.6) is 0 Å². The molecule has 0 atom stereocenters. The summed E-state index contributed by atoms with van der Waals surface area (Å²) in [5.41, 5.74) is 3.00. The summed E-state index contributed by atoms with van der Waals surface area (Å²) >= 11 is 0. The van der Waals surface area contributed by atoms with E-state index >= 15 is 0 Å². The first-order valence-corrected chi connectivity index (χ1v) is 11.5. The predicted molar refractivity (Wildman–Crippen MR) is 119 cm³/mol. The molecule has 0 aliphatic heterocycles. The number of para-hydroxylation sites is 2. The number of aromatic nitrogens is 1. The van der Waals surface area contributed by atoms with Crippen LogP contribution >= 0.6 is 0 Å². The number of anilines is 1. The Balaban J connectivity index is 1.83. The van der Waals surface area contributed by atoms with Crippen molar-refractivity contribution in [2.24, 2.45) is 0 Å². The average molecular weight is 419 g/mol. The Morgan fingerprint density at radius 3 is 2.13 bits per heavy atom. The van der Waals surface area contributed by atoms with Crippen LogP contribution in [0.3, 0.4) is 0 Å². The first-order chi connectivity index (χ1) is 14.4. The van der Waals surface area contributed by atoms with Crippen molar-refractivity contribution in [3.05, 3.63) is 96.2 Å². The topological polar surface area (TPSA) is 68.2 Å². The zero-order chi connectivity index (χ0) is 21.1. The SMILES string of the molecule is CS(=O)(=O)c1c(CC(=O)Nc2ccccc2)n(Cc2ccccc2)c2ccccc12. The molecule has 6 heteroatoms. The van der Waals surface area contributed by atoms with Gasteiger partial charge in [-0.25, -0.2) is 8.42 Å². The molecule has 0 unspecified atom stereocenters. The van der Waals surface area contributed by atoms with Crippen LogP contribution in [0.4, 0.5) is 5.69 Å². The van der Waals surface area contributed by atoms with Crippen LogP contribution < -0.4 is 5.32 Å². The lowest BCUT2D eigenvalue weighted by Gasteiger charge is -2.13. The fourth-order valence-corrected chi connectivity index (χ4v) is 4.92. The van der Waals surface area contributed by atoms with Gasteiger partial charge in [0.2, 0.25) is 5.91 Å². The summed E-state index contributed by atoms with van der Waals surface area (Å²) in [6, 6.07) is 26.3. The summed E-state index contributed by atoms with van der Waals surface area (Å²) in [6.45, 7) is 0.477. The quantitative estimate of drug-likeness (QED) is 0.508. The molecule has 5 nitrogen and oxygen atoms in total. The van der Waals surface area contributed by atoms with Gasteiger partial charge in [0.15, 0.2) is 9.84 Å². The Morgan fingerprint density at radius 1 is 0.867 bits per heavy atom. The van der Waals surface area contributed by atoms with Gasteiger partial charge in [-0.3, -0.25) is 4.79 Å². The van der Waals surface area contributed by atoms with E-state index in [-0.39, 0.29) is 17.2 Å². The second kappa shape index (κ2) is 8.16. The van der Waals surface area contributed by atoms with Gasteiger partial charge in [0, 0.05) is 35.1 Å². The van der Waals surface area contributed by atoms with E-state index < -0.39 is 9.84 Å². The maximum Gasteiger partial charge on any atom is 0.230 e. The van der Waals surface area contributed by atoms with Gasteiger partial charge in [-0.15, -0.1) is 0 Å². The number of nitrogens with one attached hydrogen (secondary N) is 1. The summed E-state index contributed by atoms with van der Waals surface area (Å²) in [5.74, 6) is -0.261. The van der Waals surface area contributed by atoms with Crippen LogP contribution in [0.2, 0.25) is 0 Å². The molecule has 0 aliphatic carbocycles. The highest BCUT2D eigenvalue weighted by atomic mass is 32.2. The molecule has 152 valence electrons. The molecule has 3 aromatic carbocycles. The van der Waals surface area contributed by atoms with Gasteiger partial charge < -0.3 is 9.88 Å². The van der Waals surface area contributed by atoms with Crippen LogP contribution in [-0.2, 0) is 27.6 Å². The van der Waals surface area contributed by atoms with Crippen molar-refractivity contribution in [3.8, 4) is 0 Å². The first kappa shape index (κ1) is 19.9. The van der Waals surface area contributed by atoms with Gasteiger partial charge in [-0.1, -0.05) is 66.7 Å². The number of nitrogens with zero attached hydrogens (tertiary/aromatic N) is 1. The molecule has 0 saturated carbocycles. The van der Waals surface area contributed by atoms with E-state index in [1.54, 1.807) is 18.2 Å². The Hall–Kier alpha value is -3.38. The standard InChI is InChI=1S/C24H22N2O3S/c1-30(28,29)24-20-14-8-9-15-21(20)26(17-18-10-4-2-5-11-18)22(24)16-23(27)25-19-12-6-3-7-13-19/h2-15H,16-17H2,1H3,(H,25,27). The molecule has 0 aliphatic rings. The molecule has 4 rings (SSSR count). The lowest BCUT2D eigenvalue weighted by molar-refractivity contribution is -0.115. The van der Waals surface area contributed by atoms with Crippen molar-refractivity contribution in [3.63, 3.8) is 0 Å².